The zero-order valence-electron chi connectivity index (χ0n) is 9.66. The first-order valence-electron chi connectivity index (χ1n) is 5.37. The van der Waals surface area contributed by atoms with E-state index < -0.39 is 5.82 Å². The lowest BCUT2D eigenvalue weighted by Crippen LogP contribution is -1.88. The van der Waals surface area contributed by atoms with Gasteiger partial charge in [0.25, 0.3) is 0 Å². The number of benzene rings is 2. The van der Waals surface area contributed by atoms with E-state index in [1.807, 2.05) is 30.3 Å². The smallest absolute Gasteiger partial charge is 0.152 e. The number of rotatable bonds is 3. The molecule has 0 saturated heterocycles. The fourth-order valence-corrected chi connectivity index (χ4v) is 3.07. The van der Waals surface area contributed by atoms with Crippen molar-refractivity contribution in [2.75, 3.05) is 0 Å². The molecule has 0 aliphatic carbocycles. The minimum Gasteiger partial charge on any atom is -0.204 e. The Morgan fingerprint density at radius 2 is 1.89 bits per heavy atom. The summed E-state index contributed by atoms with van der Waals surface area (Å²) in [6.45, 7) is 0. The number of hydrogen-bond donors (Lipinski definition) is 0. The third-order valence-corrected chi connectivity index (χ3v) is 4.61. The molecule has 0 aliphatic rings. The molecule has 0 unspecified atom stereocenters. The summed E-state index contributed by atoms with van der Waals surface area (Å²) >= 11 is 10.3. The molecular weight excluding hydrogens is 349 g/mol. The molecule has 0 aromatic heterocycles. The van der Waals surface area contributed by atoms with Crippen LogP contribution in [0, 0.1) is 17.1 Å². The summed E-state index contributed by atoms with van der Waals surface area (Å²) < 4.78 is 14.2. The largest absolute Gasteiger partial charge is 0.204 e. The molecule has 0 bridgehead atoms. The van der Waals surface area contributed by atoms with Gasteiger partial charge in [0.15, 0.2) is 5.82 Å². The Bertz CT molecular complexity index is 637. The first-order valence-corrected chi connectivity index (χ1v) is 7.53. The van der Waals surface area contributed by atoms with E-state index in [2.05, 4.69) is 15.9 Å². The fourth-order valence-electron chi connectivity index (χ4n) is 1.47. The Kier molecular flexibility index (Phi) is 4.87. The maximum absolute atomic E-state index is 14.0. The predicted molar refractivity (Wildman–Crippen MR) is 79.8 cm³/mol. The molecule has 0 saturated carbocycles. The van der Waals surface area contributed by atoms with E-state index in [0.717, 1.165) is 5.56 Å². The highest BCUT2D eigenvalue weighted by Crippen LogP contribution is 2.31. The van der Waals surface area contributed by atoms with Crippen molar-refractivity contribution in [3.05, 3.63) is 62.8 Å². The van der Waals surface area contributed by atoms with Gasteiger partial charge in [-0.1, -0.05) is 23.7 Å². The Labute approximate surface area is 128 Å². The quantitative estimate of drug-likeness (QED) is 0.687. The van der Waals surface area contributed by atoms with Crippen LogP contribution in [-0.4, -0.2) is 0 Å². The standard InChI is InChI=1S/C14H8BrClFNS/c15-13-10(7-18)3-6-12(14(13)17)19-8-9-1-4-11(16)5-2-9/h1-6H,8H2. The second-order valence-electron chi connectivity index (χ2n) is 3.77. The minimum absolute atomic E-state index is 0.219. The van der Waals surface area contributed by atoms with Crippen molar-refractivity contribution in [1.82, 2.24) is 0 Å². The van der Waals surface area contributed by atoms with Crippen molar-refractivity contribution in [1.29, 1.82) is 5.26 Å². The van der Waals surface area contributed by atoms with E-state index in [4.69, 9.17) is 16.9 Å². The summed E-state index contributed by atoms with van der Waals surface area (Å²) in [6.07, 6.45) is 0. The SMILES string of the molecule is N#Cc1ccc(SCc2ccc(Cl)cc2)c(F)c1Br. The van der Waals surface area contributed by atoms with E-state index in [-0.39, 0.29) is 4.47 Å². The molecule has 0 radical (unpaired) electrons. The molecule has 19 heavy (non-hydrogen) atoms. The zero-order chi connectivity index (χ0) is 13.8. The number of hydrogen-bond acceptors (Lipinski definition) is 2. The summed E-state index contributed by atoms with van der Waals surface area (Å²) in [5.41, 5.74) is 1.36. The van der Waals surface area contributed by atoms with Crippen LogP contribution in [0.25, 0.3) is 0 Å². The van der Waals surface area contributed by atoms with Gasteiger partial charge in [-0.2, -0.15) is 5.26 Å². The highest BCUT2D eigenvalue weighted by molar-refractivity contribution is 9.10. The third-order valence-electron chi connectivity index (χ3n) is 2.47. The molecule has 0 heterocycles. The van der Waals surface area contributed by atoms with Crippen LogP contribution in [0.3, 0.4) is 0 Å². The van der Waals surface area contributed by atoms with Gasteiger partial charge in [0, 0.05) is 15.7 Å². The van der Waals surface area contributed by atoms with Crippen molar-refractivity contribution in [2.24, 2.45) is 0 Å². The van der Waals surface area contributed by atoms with E-state index in [9.17, 15) is 4.39 Å². The molecule has 2 aromatic rings. The molecule has 0 fully saturated rings. The Hall–Kier alpha value is -1.02. The number of thioether (sulfide) groups is 1. The molecule has 2 rings (SSSR count). The van der Waals surface area contributed by atoms with Gasteiger partial charge >= 0.3 is 0 Å². The van der Waals surface area contributed by atoms with Crippen molar-refractivity contribution in [2.45, 2.75) is 10.6 Å². The molecule has 0 N–H and O–H groups in total. The molecule has 0 atom stereocenters. The van der Waals surface area contributed by atoms with Gasteiger partial charge in [0.1, 0.15) is 6.07 Å². The van der Waals surface area contributed by atoms with Gasteiger partial charge in [-0.05, 0) is 45.8 Å². The Morgan fingerprint density at radius 1 is 1.21 bits per heavy atom. The second-order valence-corrected chi connectivity index (χ2v) is 6.01. The van der Waals surface area contributed by atoms with Crippen molar-refractivity contribution >= 4 is 39.3 Å². The summed E-state index contributed by atoms with van der Waals surface area (Å²) in [4.78, 5) is 0.515. The highest BCUT2D eigenvalue weighted by Gasteiger charge is 2.11. The summed E-state index contributed by atoms with van der Waals surface area (Å²) in [7, 11) is 0. The fraction of sp³-hybridized carbons (Fsp3) is 0.0714. The molecular formula is C14H8BrClFNS. The van der Waals surface area contributed by atoms with Crippen molar-refractivity contribution in [3.8, 4) is 6.07 Å². The van der Waals surface area contributed by atoms with Gasteiger partial charge in [-0.3, -0.25) is 0 Å². The molecule has 0 aliphatic heterocycles. The Balaban J connectivity index is 2.14. The first-order chi connectivity index (χ1) is 9.11. The summed E-state index contributed by atoms with van der Waals surface area (Å²) in [6, 6.07) is 12.6. The average molecular weight is 357 g/mol. The van der Waals surface area contributed by atoms with Crippen LogP contribution in [0.2, 0.25) is 5.02 Å². The topological polar surface area (TPSA) is 23.8 Å². The van der Waals surface area contributed by atoms with E-state index in [1.165, 1.54) is 11.8 Å². The average Bonchev–Trinajstić information content (AvgIpc) is 2.42. The lowest BCUT2D eigenvalue weighted by molar-refractivity contribution is 0.594. The van der Waals surface area contributed by atoms with Gasteiger partial charge in [0.05, 0.1) is 10.0 Å². The second kappa shape index (κ2) is 6.42. The maximum Gasteiger partial charge on any atom is 0.152 e. The highest BCUT2D eigenvalue weighted by atomic mass is 79.9. The molecule has 2 aromatic carbocycles. The number of nitrogens with zero attached hydrogens (tertiary/aromatic N) is 1. The minimum atomic E-state index is -0.391. The molecule has 96 valence electrons. The van der Waals surface area contributed by atoms with Crippen LogP contribution < -0.4 is 0 Å². The van der Waals surface area contributed by atoms with Crippen LogP contribution in [0.4, 0.5) is 4.39 Å². The lowest BCUT2D eigenvalue weighted by Gasteiger charge is -2.06. The van der Waals surface area contributed by atoms with Crippen molar-refractivity contribution in [3.63, 3.8) is 0 Å². The van der Waals surface area contributed by atoms with Crippen molar-refractivity contribution < 1.29 is 4.39 Å². The van der Waals surface area contributed by atoms with Crippen LogP contribution >= 0.6 is 39.3 Å². The lowest BCUT2D eigenvalue weighted by atomic mass is 10.2. The van der Waals surface area contributed by atoms with Gasteiger partial charge in [-0.15, -0.1) is 11.8 Å². The van der Waals surface area contributed by atoms with Crippen LogP contribution in [0.15, 0.2) is 45.8 Å². The van der Waals surface area contributed by atoms with E-state index >= 15 is 0 Å². The van der Waals surface area contributed by atoms with Crippen LogP contribution in [-0.2, 0) is 5.75 Å². The van der Waals surface area contributed by atoms with Gasteiger partial charge in [-0.25, -0.2) is 4.39 Å². The molecule has 0 amide bonds. The monoisotopic (exact) mass is 355 g/mol. The number of halogens is 3. The normalized spacial score (nSPS) is 10.2. The molecule has 0 spiro atoms. The van der Waals surface area contributed by atoms with Gasteiger partial charge in [0.2, 0.25) is 0 Å². The Morgan fingerprint density at radius 3 is 2.53 bits per heavy atom. The van der Waals surface area contributed by atoms with E-state index in [0.29, 0.717) is 21.2 Å². The van der Waals surface area contributed by atoms with Gasteiger partial charge < -0.3 is 0 Å². The third kappa shape index (κ3) is 3.50. The predicted octanol–water partition coefficient (Wildman–Crippen LogP) is 5.41. The number of nitriles is 1. The van der Waals surface area contributed by atoms with Crippen LogP contribution in [0.5, 0.6) is 0 Å². The van der Waals surface area contributed by atoms with Crippen LogP contribution in [0.1, 0.15) is 11.1 Å². The van der Waals surface area contributed by atoms with E-state index in [1.54, 1.807) is 12.1 Å². The molecule has 1 nitrogen and oxygen atoms in total. The zero-order valence-corrected chi connectivity index (χ0v) is 12.8. The molecule has 5 heteroatoms. The maximum atomic E-state index is 14.0. The first kappa shape index (κ1) is 14.4. The summed E-state index contributed by atoms with van der Waals surface area (Å²) in [5, 5.41) is 9.48. The summed E-state index contributed by atoms with van der Waals surface area (Å²) in [5.74, 6) is 0.255.